The first-order valence-electron chi connectivity index (χ1n) is 11.3. The number of aliphatic hydroxyl groups excluding tert-OH is 1. The van der Waals surface area contributed by atoms with Crippen molar-refractivity contribution in [1.29, 1.82) is 0 Å². The van der Waals surface area contributed by atoms with E-state index in [0.717, 1.165) is 23.8 Å². The van der Waals surface area contributed by atoms with E-state index in [4.69, 9.17) is 10.7 Å². The number of rotatable bonds is 9. The molecule has 182 valence electrons. The largest absolute Gasteiger partial charge is 0.384 e. The summed E-state index contributed by atoms with van der Waals surface area (Å²) in [5, 5.41) is 10.0. The van der Waals surface area contributed by atoms with Gasteiger partial charge >= 0.3 is 0 Å². The molecule has 0 aliphatic carbocycles. The Hall–Kier alpha value is -3.10. The molecule has 6 nitrogen and oxygen atoms in total. The van der Waals surface area contributed by atoms with E-state index in [-0.39, 0.29) is 11.3 Å². The lowest BCUT2D eigenvalue weighted by Crippen LogP contribution is -2.45. The standard InChI is InChI=1S/C26H32F2N4O2/c1-17(33)25(34)31(4)23(26(2,3)12-13-29)24-30-22(20-14-19(27)10-11-21(20)28)16-32(24)15-18-8-6-5-7-9-18/h5-11,14,16-17,23,33H,12-13,15,29H2,1-4H3/t17-,23-/m0/s1. The Bertz CT molecular complexity index is 1130. The first-order chi connectivity index (χ1) is 16.0. The van der Waals surface area contributed by atoms with Gasteiger partial charge in [-0.3, -0.25) is 4.79 Å². The lowest BCUT2D eigenvalue weighted by Gasteiger charge is -2.40. The molecule has 3 aromatic rings. The third-order valence-corrected chi connectivity index (χ3v) is 6.07. The Kier molecular flexibility index (Phi) is 7.84. The average molecular weight is 471 g/mol. The van der Waals surface area contributed by atoms with Crippen LogP contribution in [0.4, 0.5) is 8.78 Å². The number of nitrogens with zero attached hydrogens (tertiary/aromatic N) is 3. The van der Waals surface area contributed by atoms with Crippen molar-refractivity contribution in [3.8, 4) is 11.3 Å². The van der Waals surface area contributed by atoms with Crippen LogP contribution in [0.3, 0.4) is 0 Å². The molecule has 0 fully saturated rings. The molecule has 0 aliphatic heterocycles. The van der Waals surface area contributed by atoms with E-state index in [1.54, 1.807) is 13.2 Å². The molecule has 0 aliphatic rings. The molecule has 1 amide bonds. The van der Waals surface area contributed by atoms with Gasteiger partial charge in [0.25, 0.3) is 5.91 Å². The van der Waals surface area contributed by atoms with Gasteiger partial charge in [-0.25, -0.2) is 13.8 Å². The van der Waals surface area contributed by atoms with Gasteiger partial charge in [-0.05, 0) is 49.1 Å². The van der Waals surface area contributed by atoms with Gasteiger partial charge in [-0.2, -0.15) is 0 Å². The fourth-order valence-electron chi connectivity index (χ4n) is 4.36. The van der Waals surface area contributed by atoms with Gasteiger partial charge in [0, 0.05) is 25.4 Å². The molecule has 0 saturated heterocycles. The Morgan fingerprint density at radius 2 is 1.88 bits per heavy atom. The summed E-state index contributed by atoms with van der Waals surface area (Å²) in [7, 11) is 1.61. The molecule has 8 heteroatoms. The number of amides is 1. The second kappa shape index (κ2) is 10.4. The van der Waals surface area contributed by atoms with Crippen LogP contribution in [0.1, 0.15) is 44.6 Å². The SMILES string of the molecule is C[C@H](O)C(=O)N(C)[C@@H](c1nc(-c2cc(F)ccc2F)cn1Cc1ccccc1)C(C)(C)CCN. The van der Waals surface area contributed by atoms with Crippen molar-refractivity contribution in [2.45, 2.75) is 45.9 Å². The van der Waals surface area contributed by atoms with E-state index in [1.807, 2.05) is 48.7 Å². The van der Waals surface area contributed by atoms with Crippen molar-refractivity contribution in [2.75, 3.05) is 13.6 Å². The Morgan fingerprint density at radius 3 is 2.50 bits per heavy atom. The number of halogens is 2. The molecule has 0 bridgehead atoms. The summed E-state index contributed by atoms with van der Waals surface area (Å²) < 4.78 is 30.5. The maximum absolute atomic E-state index is 14.6. The van der Waals surface area contributed by atoms with Crippen LogP contribution in [0.2, 0.25) is 0 Å². The highest BCUT2D eigenvalue weighted by atomic mass is 19.1. The second-order valence-corrected chi connectivity index (χ2v) is 9.28. The molecule has 0 spiro atoms. The van der Waals surface area contributed by atoms with Crippen LogP contribution in [-0.4, -0.2) is 45.2 Å². The fourth-order valence-corrected chi connectivity index (χ4v) is 4.36. The molecule has 0 radical (unpaired) electrons. The zero-order valence-corrected chi connectivity index (χ0v) is 20.0. The van der Waals surface area contributed by atoms with Crippen molar-refractivity contribution >= 4 is 5.91 Å². The van der Waals surface area contributed by atoms with Gasteiger partial charge in [0.1, 0.15) is 23.6 Å². The van der Waals surface area contributed by atoms with Crippen molar-refractivity contribution in [1.82, 2.24) is 14.5 Å². The van der Waals surface area contributed by atoms with Crippen LogP contribution >= 0.6 is 0 Å². The molecule has 2 aromatic carbocycles. The number of aromatic nitrogens is 2. The maximum Gasteiger partial charge on any atom is 0.251 e. The molecular formula is C26H32F2N4O2. The predicted octanol–water partition coefficient (Wildman–Crippen LogP) is 4.13. The molecule has 2 atom stereocenters. The normalized spacial score (nSPS) is 13.5. The minimum absolute atomic E-state index is 0.0351. The number of nitrogens with two attached hydrogens (primary N) is 1. The van der Waals surface area contributed by atoms with Gasteiger partial charge in [0.05, 0.1) is 11.7 Å². The van der Waals surface area contributed by atoms with Crippen LogP contribution in [0.15, 0.2) is 54.7 Å². The first-order valence-corrected chi connectivity index (χ1v) is 11.3. The van der Waals surface area contributed by atoms with Crippen LogP contribution in [0.5, 0.6) is 0 Å². The van der Waals surface area contributed by atoms with Crippen molar-refractivity contribution in [2.24, 2.45) is 11.1 Å². The average Bonchev–Trinajstić information content (AvgIpc) is 3.17. The van der Waals surface area contributed by atoms with Crippen molar-refractivity contribution in [3.05, 3.63) is 77.8 Å². The maximum atomic E-state index is 14.6. The third-order valence-electron chi connectivity index (χ3n) is 6.07. The van der Waals surface area contributed by atoms with E-state index in [9.17, 15) is 18.7 Å². The minimum atomic E-state index is -1.21. The lowest BCUT2D eigenvalue weighted by molar-refractivity contribution is -0.143. The second-order valence-electron chi connectivity index (χ2n) is 9.28. The zero-order chi connectivity index (χ0) is 25.0. The molecule has 1 aromatic heterocycles. The Labute approximate surface area is 199 Å². The zero-order valence-electron chi connectivity index (χ0n) is 20.0. The van der Waals surface area contributed by atoms with Crippen molar-refractivity contribution in [3.63, 3.8) is 0 Å². The van der Waals surface area contributed by atoms with Crippen LogP contribution in [0, 0.1) is 17.0 Å². The summed E-state index contributed by atoms with van der Waals surface area (Å²) in [6.45, 7) is 6.15. The highest BCUT2D eigenvalue weighted by Crippen LogP contribution is 2.41. The molecule has 34 heavy (non-hydrogen) atoms. The number of carbonyl (C=O) groups is 1. The monoisotopic (exact) mass is 470 g/mol. The Balaban J connectivity index is 2.22. The highest BCUT2D eigenvalue weighted by molar-refractivity contribution is 5.80. The summed E-state index contributed by atoms with van der Waals surface area (Å²) in [4.78, 5) is 19.1. The van der Waals surface area contributed by atoms with Crippen LogP contribution < -0.4 is 5.73 Å². The molecular weight excluding hydrogens is 438 g/mol. The molecule has 3 N–H and O–H groups in total. The van der Waals surface area contributed by atoms with Gasteiger partial charge in [0.2, 0.25) is 0 Å². The fraction of sp³-hybridized carbons (Fsp3) is 0.385. The van der Waals surface area contributed by atoms with E-state index < -0.39 is 35.1 Å². The minimum Gasteiger partial charge on any atom is -0.384 e. The highest BCUT2D eigenvalue weighted by Gasteiger charge is 2.40. The molecule has 0 saturated carbocycles. The summed E-state index contributed by atoms with van der Waals surface area (Å²) in [5.41, 5.74) is 6.63. The number of imidazole rings is 1. The van der Waals surface area contributed by atoms with Crippen LogP contribution in [-0.2, 0) is 11.3 Å². The number of hydrogen-bond donors (Lipinski definition) is 2. The number of aliphatic hydroxyl groups is 1. The third kappa shape index (κ3) is 5.51. The van der Waals surface area contributed by atoms with E-state index in [1.165, 1.54) is 11.8 Å². The summed E-state index contributed by atoms with van der Waals surface area (Å²) >= 11 is 0. The number of likely N-dealkylation sites (N-methyl/N-ethyl adjacent to an activating group) is 1. The molecule has 3 rings (SSSR count). The van der Waals surface area contributed by atoms with Gasteiger partial charge in [0.15, 0.2) is 0 Å². The predicted molar refractivity (Wildman–Crippen MR) is 128 cm³/mol. The first kappa shape index (κ1) is 25.5. The smallest absolute Gasteiger partial charge is 0.251 e. The van der Waals surface area contributed by atoms with Gasteiger partial charge < -0.3 is 20.3 Å². The molecule has 1 heterocycles. The molecule has 0 unspecified atom stereocenters. The number of carbonyl (C=O) groups excluding carboxylic acids is 1. The van der Waals surface area contributed by atoms with Gasteiger partial charge in [-0.15, -0.1) is 0 Å². The summed E-state index contributed by atoms with van der Waals surface area (Å²) in [6, 6.07) is 12.3. The van der Waals surface area contributed by atoms with E-state index in [0.29, 0.717) is 25.3 Å². The van der Waals surface area contributed by atoms with E-state index >= 15 is 0 Å². The van der Waals surface area contributed by atoms with Crippen LogP contribution in [0.25, 0.3) is 11.3 Å². The van der Waals surface area contributed by atoms with E-state index in [2.05, 4.69) is 0 Å². The quantitative estimate of drug-likeness (QED) is 0.493. The summed E-state index contributed by atoms with van der Waals surface area (Å²) in [6.07, 6.45) is 1.03. The van der Waals surface area contributed by atoms with Gasteiger partial charge in [-0.1, -0.05) is 44.2 Å². The summed E-state index contributed by atoms with van der Waals surface area (Å²) in [5.74, 6) is -1.14. The lowest BCUT2D eigenvalue weighted by atomic mass is 9.79. The van der Waals surface area contributed by atoms with Crippen molar-refractivity contribution < 1.29 is 18.7 Å². The topological polar surface area (TPSA) is 84.4 Å². The Morgan fingerprint density at radius 1 is 1.21 bits per heavy atom. The number of benzene rings is 2. The number of hydrogen-bond acceptors (Lipinski definition) is 4.